The molecule has 0 saturated carbocycles. The zero-order valence-electron chi connectivity index (χ0n) is 19.7. The van der Waals surface area contributed by atoms with Crippen LogP contribution >= 0.6 is 46.4 Å². The summed E-state index contributed by atoms with van der Waals surface area (Å²) in [5.41, 5.74) is 5.10. The lowest BCUT2D eigenvalue weighted by molar-refractivity contribution is 1.06. The molecule has 0 aliphatic carbocycles. The highest BCUT2D eigenvalue weighted by atomic mass is 35.5. The lowest BCUT2D eigenvalue weighted by Gasteiger charge is -2.13. The summed E-state index contributed by atoms with van der Waals surface area (Å²) in [5.74, 6) is 0.824. The number of hydrogen-bond acceptors (Lipinski definition) is 8. The van der Waals surface area contributed by atoms with E-state index in [9.17, 15) is 0 Å². The fraction of sp³-hybridized carbons (Fsp3) is 0.167. The van der Waals surface area contributed by atoms with Crippen molar-refractivity contribution in [2.24, 2.45) is 10.2 Å². The number of rotatable bonds is 6. The maximum atomic E-state index is 6.48. The number of azo groups is 1. The van der Waals surface area contributed by atoms with E-state index in [1.807, 2.05) is 32.0 Å². The van der Waals surface area contributed by atoms with Gasteiger partial charge in [0.2, 0.25) is 11.9 Å². The van der Waals surface area contributed by atoms with Gasteiger partial charge >= 0.3 is 0 Å². The molecule has 0 bridgehead atoms. The van der Waals surface area contributed by atoms with Crippen LogP contribution in [0.4, 0.5) is 34.6 Å². The van der Waals surface area contributed by atoms with Crippen molar-refractivity contribution >= 4 is 81.0 Å². The van der Waals surface area contributed by atoms with Gasteiger partial charge in [-0.15, -0.1) is 5.11 Å². The van der Waals surface area contributed by atoms with Crippen LogP contribution in [0.25, 0.3) is 0 Å². The molecule has 0 aliphatic rings. The molecule has 2 aromatic carbocycles. The molecule has 2 N–H and O–H groups in total. The molecule has 0 radical (unpaired) electrons. The third-order valence-corrected chi connectivity index (χ3v) is 6.64. The first kappa shape index (κ1) is 26.0. The van der Waals surface area contributed by atoms with Crippen molar-refractivity contribution in [2.75, 3.05) is 10.6 Å². The SMILES string of the molecule is Cc1cc(C)nc(Nc2ccc(N=Nc3cc(Cl)c(Nc4nc(C)c(Cl)c(C)n4)c(Cl)c3Cl)cc2)n1. The summed E-state index contributed by atoms with van der Waals surface area (Å²) >= 11 is 25.6. The monoisotopic (exact) mass is 560 g/mol. The Morgan fingerprint density at radius 2 is 1.22 bits per heavy atom. The molecule has 36 heavy (non-hydrogen) atoms. The highest BCUT2D eigenvalue weighted by Crippen LogP contribution is 2.44. The minimum atomic E-state index is 0.167. The predicted molar refractivity (Wildman–Crippen MR) is 147 cm³/mol. The molecule has 2 aromatic heterocycles. The third kappa shape index (κ3) is 6.02. The van der Waals surface area contributed by atoms with E-state index in [2.05, 4.69) is 40.8 Å². The summed E-state index contributed by atoms with van der Waals surface area (Å²) in [4.78, 5) is 17.4. The Hall–Kier alpha value is -3.04. The summed E-state index contributed by atoms with van der Waals surface area (Å²) in [6.45, 7) is 7.40. The number of hydrogen-bond donors (Lipinski definition) is 2. The van der Waals surface area contributed by atoms with E-state index in [-0.39, 0.29) is 15.1 Å². The molecule has 12 heteroatoms. The van der Waals surface area contributed by atoms with Gasteiger partial charge in [-0.3, -0.25) is 0 Å². The molecule has 4 aromatic rings. The number of nitrogens with zero attached hydrogens (tertiary/aromatic N) is 6. The second-order valence-corrected chi connectivity index (χ2v) is 9.42. The van der Waals surface area contributed by atoms with Crippen molar-refractivity contribution in [1.82, 2.24) is 19.9 Å². The Balaban J connectivity index is 1.52. The van der Waals surface area contributed by atoms with Crippen LogP contribution in [0.15, 0.2) is 46.6 Å². The van der Waals surface area contributed by atoms with E-state index in [1.165, 1.54) is 0 Å². The maximum Gasteiger partial charge on any atom is 0.227 e. The van der Waals surface area contributed by atoms with Crippen molar-refractivity contribution in [2.45, 2.75) is 27.7 Å². The fourth-order valence-corrected chi connectivity index (χ4v) is 4.08. The van der Waals surface area contributed by atoms with E-state index in [0.717, 1.165) is 17.1 Å². The zero-order valence-corrected chi connectivity index (χ0v) is 22.7. The molecule has 8 nitrogen and oxygen atoms in total. The quantitative estimate of drug-likeness (QED) is 0.180. The minimum Gasteiger partial charge on any atom is -0.324 e. The first-order valence-corrected chi connectivity index (χ1v) is 12.2. The topological polar surface area (TPSA) is 100 Å². The lowest BCUT2D eigenvalue weighted by atomic mass is 10.2. The molecular formula is C24H20Cl4N8. The predicted octanol–water partition coefficient (Wildman–Crippen LogP) is 9.02. The van der Waals surface area contributed by atoms with Crippen LogP contribution in [0.1, 0.15) is 22.8 Å². The van der Waals surface area contributed by atoms with E-state index >= 15 is 0 Å². The first-order chi connectivity index (χ1) is 17.1. The molecule has 0 atom stereocenters. The number of aromatic nitrogens is 4. The molecule has 0 saturated heterocycles. The van der Waals surface area contributed by atoms with Gasteiger partial charge in [0.05, 0.1) is 42.9 Å². The highest BCUT2D eigenvalue weighted by molar-refractivity contribution is 6.47. The second kappa shape index (κ2) is 10.9. The minimum absolute atomic E-state index is 0.167. The molecule has 2 heterocycles. The van der Waals surface area contributed by atoms with Crippen LogP contribution in [0.2, 0.25) is 20.1 Å². The standard InChI is InChI=1S/C24H20Cl4N8/c1-11-9-12(2)30-23(29-11)33-15-5-7-16(8-6-15)35-36-18-10-17(25)22(21(28)20(18)27)34-24-31-13(3)19(26)14(4)32-24/h5-10H,1-4H3,(H,29,30,33)(H,31,32,34). The summed E-state index contributed by atoms with van der Waals surface area (Å²) in [7, 11) is 0. The van der Waals surface area contributed by atoms with Crippen LogP contribution in [0.5, 0.6) is 0 Å². The maximum absolute atomic E-state index is 6.48. The van der Waals surface area contributed by atoms with Crippen molar-refractivity contribution in [1.29, 1.82) is 0 Å². The lowest BCUT2D eigenvalue weighted by Crippen LogP contribution is -2.02. The normalized spacial score (nSPS) is 11.2. The molecule has 4 rings (SSSR count). The second-order valence-electron chi connectivity index (χ2n) is 7.88. The molecule has 0 unspecified atom stereocenters. The van der Waals surface area contributed by atoms with Gasteiger partial charge in [-0.1, -0.05) is 46.4 Å². The number of aryl methyl sites for hydroxylation is 4. The van der Waals surface area contributed by atoms with E-state index in [4.69, 9.17) is 46.4 Å². The molecular weight excluding hydrogens is 542 g/mol. The Morgan fingerprint density at radius 1 is 0.639 bits per heavy atom. The fourth-order valence-electron chi connectivity index (χ4n) is 3.27. The van der Waals surface area contributed by atoms with Gasteiger partial charge in [0.25, 0.3) is 0 Å². The average molecular weight is 562 g/mol. The molecule has 0 amide bonds. The van der Waals surface area contributed by atoms with Gasteiger partial charge in [-0.25, -0.2) is 19.9 Å². The van der Waals surface area contributed by atoms with Gasteiger partial charge in [0, 0.05) is 17.1 Å². The number of anilines is 4. The smallest absolute Gasteiger partial charge is 0.227 e. The van der Waals surface area contributed by atoms with Gasteiger partial charge in [0.15, 0.2) is 0 Å². The van der Waals surface area contributed by atoms with E-state index < -0.39 is 0 Å². The molecule has 0 spiro atoms. The van der Waals surface area contributed by atoms with Gasteiger partial charge in [-0.2, -0.15) is 5.11 Å². The highest BCUT2D eigenvalue weighted by Gasteiger charge is 2.17. The molecule has 0 aliphatic heterocycles. The summed E-state index contributed by atoms with van der Waals surface area (Å²) in [6.07, 6.45) is 0. The van der Waals surface area contributed by atoms with Gasteiger partial charge < -0.3 is 10.6 Å². The largest absolute Gasteiger partial charge is 0.324 e. The van der Waals surface area contributed by atoms with Crippen molar-refractivity contribution < 1.29 is 0 Å². The average Bonchev–Trinajstić information content (AvgIpc) is 2.82. The Bertz CT molecular complexity index is 1430. The number of benzene rings is 2. The number of nitrogens with one attached hydrogen (secondary N) is 2. The first-order valence-electron chi connectivity index (χ1n) is 10.7. The van der Waals surface area contributed by atoms with Gasteiger partial charge in [-0.05, 0) is 64.1 Å². The van der Waals surface area contributed by atoms with Crippen LogP contribution in [-0.2, 0) is 0 Å². The van der Waals surface area contributed by atoms with Crippen LogP contribution in [0, 0.1) is 27.7 Å². The van der Waals surface area contributed by atoms with Gasteiger partial charge in [0.1, 0.15) is 5.69 Å². The Morgan fingerprint density at radius 3 is 1.83 bits per heavy atom. The zero-order chi connectivity index (χ0) is 26.0. The van der Waals surface area contributed by atoms with Crippen molar-refractivity contribution in [3.8, 4) is 0 Å². The Kier molecular flexibility index (Phi) is 7.90. The summed E-state index contributed by atoms with van der Waals surface area (Å²) < 4.78 is 0. The Labute approximate surface area is 228 Å². The third-order valence-electron chi connectivity index (χ3n) is 4.94. The van der Waals surface area contributed by atoms with Crippen LogP contribution < -0.4 is 10.6 Å². The van der Waals surface area contributed by atoms with Crippen LogP contribution in [-0.4, -0.2) is 19.9 Å². The molecule has 0 fully saturated rings. The summed E-state index contributed by atoms with van der Waals surface area (Å²) in [6, 6.07) is 10.8. The van der Waals surface area contributed by atoms with E-state index in [1.54, 1.807) is 32.0 Å². The van der Waals surface area contributed by atoms with Crippen molar-refractivity contribution in [3.05, 3.63) is 79.3 Å². The number of halogens is 4. The van der Waals surface area contributed by atoms with E-state index in [0.29, 0.717) is 45.4 Å². The molecule has 184 valence electrons. The summed E-state index contributed by atoms with van der Waals surface area (Å²) in [5, 5.41) is 15.8. The van der Waals surface area contributed by atoms with Crippen molar-refractivity contribution in [3.63, 3.8) is 0 Å². The van der Waals surface area contributed by atoms with Crippen LogP contribution in [0.3, 0.4) is 0 Å².